The van der Waals surface area contributed by atoms with E-state index in [9.17, 15) is 18.0 Å². The Morgan fingerprint density at radius 1 is 1.24 bits per heavy atom. The van der Waals surface area contributed by atoms with E-state index in [2.05, 4.69) is 0 Å². The number of hydrogen-bond donors (Lipinski definition) is 1. The molecule has 0 spiro atoms. The molecule has 0 aliphatic carbocycles. The number of alkyl halides is 3. The lowest BCUT2D eigenvalue weighted by atomic mass is 10.1. The van der Waals surface area contributed by atoms with Gasteiger partial charge in [0.05, 0.1) is 15.6 Å². The van der Waals surface area contributed by atoms with Crippen molar-refractivity contribution in [3.8, 4) is 0 Å². The summed E-state index contributed by atoms with van der Waals surface area (Å²) in [6, 6.07) is 1.72. The van der Waals surface area contributed by atoms with Crippen molar-refractivity contribution in [3.05, 3.63) is 39.4 Å². The van der Waals surface area contributed by atoms with E-state index >= 15 is 0 Å². The average Bonchev–Trinajstić information content (AvgIpc) is 2.17. The van der Waals surface area contributed by atoms with E-state index in [4.69, 9.17) is 28.9 Å². The molecule has 0 unspecified atom stereocenters. The number of amides is 1. The molecule has 0 bridgehead atoms. The number of rotatable bonds is 2. The van der Waals surface area contributed by atoms with Gasteiger partial charge in [-0.3, -0.25) is 4.79 Å². The molecule has 2 N–H and O–H groups in total. The zero-order valence-corrected chi connectivity index (χ0v) is 9.70. The summed E-state index contributed by atoms with van der Waals surface area (Å²) in [6.45, 7) is 0. The number of hydrogen-bond acceptors (Lipinski definition) is 1. The smallest absolute Gasteiger partial charge is 0.366 e. The van der Waals surface area contributed by atoms with Crippen LogP contribution in [0.15, 0.2) is 18.2 Å². The van der Waals surface area contributed by atoms with Gasteiger partial charge in [0, 0.05) is 6.08 Å². The molecule has 1 rings (SSSR count). The van der Waals surface area contributed by atoms with E-state index in [1.807, 2.05) is 0 Å². The van der Waals surface area contributed by atoms with Crippen molar-refractivity contribution in [2.24, 2.45) is 5.73 Å². The first-order valence-electron chi connectivity index (χ1n) is 4.25. The van der Waals surface area contributed by atoms with Gasteiger partial charge >= 0.3 is 6.18 Å². The summed E-state index contributed by atoms with van der Waals surface area (Å²) in [5.41, 5.74) is 3.55. The Kier molecular flexibility index (Phi) is 4.06. The lowest BCUT2D eigenvalue weighted by molar-refractivity contribution is -0.137. The molecular weight excluding hydrogens is 278 g/mol. The van der Waals surface area contributed by atoms with Crippen LogP contribution < -0.4 is 5.73 Å². The summed E-state index contributed by atoms with van der Waals surface area (Å²) in [4.78, 5) is 10.5. The fourth-order valence-electron chi connectivity index (χ4n) is 1.12. The molecule has 1 aromatic carbocycles. The average molecular weight is 284 g/mol. The Morgan fingerprint density at radius 2 is 1.76 bits per heavy atom. The third-order valence-corrected chi connectivity index (χ3v) is 2.55. The van der Waals surface area contributed by atoms with E-state index in [1.54, 1.807) is 0 Å². The van der Waals surface area contributed by atoms with E-state index in [-0.39, 0.29) is 15.6 Å². The van der Waals surface area contributed by atoms with Crippen LogP contribution in [0.25, 0.3) is 6.08 Å². The van der Waals surface area contributed by atoms with Crippen LogP contribution in [0, 0.1) is 0 Å². The monoisotopic (exact) mass is 283 g/mol. The van der Waals surface area contributed by atoms with E-state index in [1.165, 1.54) is 0 Å². The molecule has 2 nitrogen and oxygen atoms in total. The van der Waals surface area contributed by atoms with Crippen LogP contribution >= 0.6 is 23.2 Å². The molecule has 7 heteroatoms. The number of carbonyl (C=O) groups is 1. The van der Waals surface area contributed by atoms with Crippen molar-refractivity contribution in [3.63, 3.8) is 0 Å². The molecule has 0 fully saturated rings. The minimum Gasteiger partial charge on any atom is -0.366 e. The van der Waals surface area contributed by atoms with Crippen molar-refractivity contribution >= 4 is 35.2 Å². The number of benzene rings is 1. The van der Waals surface area contributed by atoms with Gasteiger partial charge in [-0.15, -0.1) is 0 Å². The van der Waals surface area contributed by atoms with Crippen molar-refractivity contribution in [1.29, 1.82) is 0 Å². The minimum absolute atomic E-state index is 0.0382. The van der Waals surface area contributed by atoms with Crippen molar-refractivity contribution in [2.75, 3.05) is 0 Å². The quantitative estimate of drug-likeness (QED) is 0.830. The van der Waals surface area contributed by atoms with Gasteiger partial charge in [-0.2, -0.15) is 13.2 Å². The molecule has 0 heterocycles. The van der Waals surface area contributed by atoms with Crippen LogP contribution in [0.3, 0.4) is 0 Å². The Balaban J connectivity index is 3.36. The topological polar surface area (TPSA) is 43.1 Å². The Morgan fingerprint density at radius 3 is 2.24 bits per heavy atom. The Bertz CT molecular complexity index is 483. The molecule has 0 saturated heterocycles. The maximum absolute atomic E-state index is 12.6. The molecule has 1 aromatic rings. The molecule has 0 radical (unpaired) electrons. The highest BCUT2D eigenvalue weighted by atomic mass is 35.5. The van der Waals surface area contributed by atoms with Crippen LogP contribution in [0.2, 0.25) is 10.0 Å². The first-order valence-corrected chi connectivity index (χ1v) is 5.01. The highest BCUT2D eigenvalue weighted by Gasteiger charge is 2.33. The molecule has 0 saturated carbocycles. The standard InChI is InChI=1S/C10H6Cl2F3NO/c11-7-3-5(1-2-9(16)17)6(4-8(7)12)10(13,14)15/h1-4H,(H2,16,17)/b2-1-. The van der Waals surface area contributed by atoms with Crippen LogP contribution in [0.5, 0.6) is 0 Å². The predicted molar refractivity (Wildman–Crippen MR) is 59.7 cm³/mol. The zero-order valence-electron chi connectivity index (χ0n) is 8.18. The highest BCUT2D eigenvalue weighted by molar-refractivity contribution is 6.42. The lowest BCUT2D eigenvalue weighted by Crippen LogP contribution is -2.09. The molecule has 0 atom stereocenters. The SMILES string of the molecule is NC(=O)/C=C\c1cc(Cl)c(Cl)cc1C(F)(F)F. The van der Waals surface area contributed by atoms with Crippen LogP contribution in [-0.4, -0.2) is 5.91 Å². The van der Waals surface area contributed by atoms with Gasteiger partial charge in [-0.05, 0) is 23.8 Å². The zero-order chi connectivity index (χ0) is 13.2. The summed E-state index contributed by atoms with van der Waals surface area (Å²) in [5.74, 6) is -0.857. The summed E-state index contributed by atoms with van der Waals surface area (Å²) in [6.07, 6.45) is -2.84. The summed E-state index contributed by atoms with van der Waals surface area (Å²) in [5, 5.41) is -0.251. The molecule has 17 heavy (non-hydrogen) atoms. The fraction of sp³-hybridized carbons (Fsp3) is 0.100. The molecule has 0 aromatic heterocycles. The lowest BCUT2D eigenvalue weighted by Gasteiger charge is -2.11. The second-order valence-electron chi connectivity index (χ2n) is 3.09. The number of nitrogens with two attached hydrogens (primary N) is 1. The van der Waals surface area contributed by atoms with Gasteiger partial charge in [-0.1, -0.05) is 23.2 Å². The fourth-order valence-corrected chi connectivity index (χ4v) is 1.45. The Labute approximate surface area is 105 Å². The van der Waals surface area contributed by atoms with Gasteiger partial charge in [0.25, 0.3) is 0 Å². The maximum Gasteiger partial charge on any atom is 0.417 e. The highest BCUT2D eigenvalue weighted by Crippen LogP contribution is 2.37. The third kappa shape index (κ3) is 3.64. The van der Waals surface area contributed by atoms with Crippen molar-refractivity contribution in [2.45, 2.75) is 6.18 Å². The van der Waals surface area contributed by atoms with Crippen LogP contribution in [-0.2, 0) is 11.0 Å². The Hall–Kier alpha value is -1.20. The summed E-state index contributed by atoms with van der Waals surface area (Å²) in [7, 11) is 0. The van der Waals surface area contributed by atoms with Gasteiger partial charge in [0.1, 0.15) is 0 Å². The van der Waals surface area contributed by atoms with Gasteiger partial charge in [-0.25, -0.2) is 0 Å². The third-order valence-electron chi connectivity index (χ3n) is 1.83. The van der Waals surface area contributed by atoms with Crippen LogP contribution in [0.1, 0.15) is 11.1 Å². The van der Waals surface area contributed by atoms with Gasteiger partial charge < -0.3 is 5.73 Å². The van der Waals surface area contributed by atoms with Crippen LogP contribution in [0.4, 0.5) is 13.2 Å². The van der Waals surface area contributed by atoms with E-state index in [0.717, 1.165) is 18.2 Å². The second-order valence-corrected chi connectivity index (χ2v) is 3.90. The number of carbonyl (C=O) groups excluding carboxylic acids is 1. The molecule has 0 aliphatic heterocycles. The molecule has 1 amide bonds. The molecule has 92 valence electrons. The maximum atomic E-state index is 12.6. The second kappa shape index (κ2) is 4.98. The largest absolute Gasteiger partial charge is 0.417 e. The van der Waals surface area contributed by atoms with E-state index < -0.39 is 17.6 Å². The van der Waals surface area contributed by atoms with Gasteiger partial charge in [0.15, 0.2) is 0 Å². The number of halogens is 5. The first kappa shape index (κ1) is 13.9. The normalized spacial score (nSPS) is 12.1. The molecular formula is C10H6Cl2F3NO. The van der Waals surface area contributed by atoms with Gasteiger partial charge in [0.2, 0.25) is 5.91 Å². The summed E-state index contributed by atoms with van der Waals surface area (Å²) >= 11 is 11.1. The molecule has 0 aliphatic rings. The summed E-state index contributed by atoms with van der Waals surface area (Å²) < 4.78 is 37.9. The van der Waals surface area contributed by atoms with Crippen molar-refractivity contribution < 1.29 is 18.0 Å². The predicted octanol–water partition coefficient (Wildman–Crippen LogP) is 3.51. The van der Waals surface area contributed by atoms with E-state index in [0.29, 0.717) is 6.07 Å². The number of primary amides is 1. The minimum atomic E-state index is -4.59. The van der Waals surface area contributed by atoms with Crippen molar-refractivity contribution in [1.82, 2.24) is 0 Å². The first-order chi connectivity index (χ1) is 7.71.